The molecule has 1 saturated heterocycles. The number of piperazine rings is 1. The summed E-state index contributed by atoms with van der Waals surface area (Å²) in [7, 11) is 0. The van der Waals surface area contributed by atoms with Crippen molar-refractivity contribution in [3.05, 3.63) is 47.5 Å². The number of hydrogen-bond acceptors (Lipinski definition) is 4. The predicted octanol–water partition coefficient (Wildman–Crippen LogP) is 3.82. The van der Waals surface area contributed by atoms with Gasteiger partial charge in [-0.3, -0.25) is 0 Å². The largest absolute Gasteiger partial charge is 0.508 e. The number of phenols is 2. The molecule has 0 aliphatic carbocycles. The lowest BCUT2D eigenvalue weighted by Crippen LogP contribution is -2.56. The molecular formula is C20H26N2O2. The van der Waals surface area contributed by atoms with E-state index in [1.807, 2.05) is 26.0 Å². The van der Waals surface area contributed by atoms with Crippen LogP contribution in [0.15, 0.2) is 36.4 Å². The van der Waals surface area contributed by atoms with Crippen molar-refractivity contribution in [2.24, 2.45) is 0 Å². The second-order valence-corrected chi connectivity index (χ2v) is 6.94. The summed E-state index contributed by atoms with van der Waals surface area (Å²) in [6.07, 6.45) is 0. The van der Waals surface area contributed by atoms with Crippen molar-refractivity contribution >= 4 is 11.4 Å². The van der Waals surface area contributed by atoms with Gasteiger partial charge in [-0.15, -0.1) is 0 Å². The third-order valence-electron chi connectivity index (χ3n) is 5.01. The van der Waals surface area contributed by atoms with E-state index in [4.69, 9.17) is 0 Å². The van der Waals surface area contributed by atoms with Gasteiger partial charge in [-0.05, 0) is 75.2 Å². The Morgan fingerprint density at radius 1 is 0.750 bits per heavy atom. The minimum Gasteiger partial charge on any atom is -0.508 e. The van der Waals surface area contributed by atoms with Crippen molar-refractivity contribution in [3.63, 3.8) is 0 Å². The second kappa shape index (κ2) is 6.27. The lowest BCUT2D eigenvalue weighted by atomic mass is 10.0. The van der Waals surface area contributed by atoms with Crippen LogP contribution in [0.1, 0.15) is 25.0 Å². The average molecular weight is 326 g/mol. The molecule has 1 aliphatic rings. The summed E-state index contributed by atoms with van der Waals surface area (Å²) < 4.78 is 0. The molecule has 1 aliphatic heterocycles. The maximum atomic E-state index is 9.75. The van der Waals surface area contributed by atoms with E-state index in [1.165, 1.54) is 0 Å². The molecule has 3 rings (SSSR count). The van der Waals surface area contributed by atoms with Gasteiger partial charge in [0.1, 0.15) is 11.5 Å². The molecule has 128 valence electrons. The first-order valence-electron chi connectivity index (χ1n) is 8.49. The number of aryl methyl sites for hydroxylation is 2. The second-order valence-electron chi connectivity index (χ2n) is 6.94. The van der Waals surface area contributed by atoms with E-state index in [1.54, 1.807) is 12.1 Å². The smallest absolute Gasteiger partial charge is 0.118 e. The molecular weight excluding hydrogens is 300 g/mol. The first kappa shape index (κ1) is 16.5. The highest BCUT2D eigenvalue weighted by Gasteiger charge is 2.29. The van der Waals surface area contributed by atoms with E-state index < -0.39 is 0 Å². The molecule has 2 atom stereocenters. The maximum Gasteiger partial charge on any atom is 0.118 e. The zero-order valence-corrected chi connectivity index (χ0v) is 14.8. The Bertz CT molecular complexity index is 681. The third kappa shape index (κ3) is 3.01. The lowest BCUT2D eigenvalue weighted by molar-refractivity contribution is 0.466. The summed E-state index contributed by atoms with van der Waals surface area (Å²) in [5.41, 5.74) is 4.13. The van der Waals surface area contributed by atoms with E-state index >= 15 is 0 Å². The summed E-state index contributed by atoms with van der Waals surface area (Å²) in [6.45, 7) is 10.2. The Balaban J connectivity index is 1.83. The van der Waals surface area contributed by atoms with Crippen LogP contribution < -0.4 is 9.80 Å². The van der Waals surface area contributed by atoms with E-state index in [0.717, 1.165) is 35.6 Å². The topological polar surface area (TPSA) is 46.9 Å². The summed E-state index contributed by atoms with van der Waals surface area (Å²) in [4.78, 5) is 4.81. The Morgan fingerprint density at radius 2 is 1.12 bits per heavy atom. The summed E-state index contributed by atoms with van der Waals surface area (Å²) in [6, 6.07) is 12.4. The summed E-state index contributed by atoms with van der Waals surface area (Å²) in [5.74, 6) is 0.690. The molecule has 24 heavy (non-hydrogen) atoms. The van der Waals surface area contributed by atoms with Gasteiger partial charge in [-0.2, -0.15) is 0 Å². The van der Waals surface area contributed by atoms with E-state index in [2.05, 4.69) is 35.8 Å². The molecule has 1 fully saturated rings. The SMILES string of the molecule is Cc1cc(N2CC(C)N(c3ccc(O)c(C)c3)CC2C)ccc1O. The van der Waals surface area contributed by atoms with Gasteiger partial charge in [0.2, 0.25) is 0 Å². The monoisotopic (exact) mass is 326 g/mol. The third-order valence-corrected chi connectivity index (χ3v) is 5.01. The average Bonchev–Trinajstić information content (AvgIpc) is 2.54. The number of benzene rings is 2. The molecule has 0 bridgehead atoms. The van der Waals surface area contributed by atoms with Gasteiger partial charge in [-0.1, -0.05) is 0 Å². The van der Waals surface area contributed by atoms with Gasteiger partial charge < -0.3 is 20.0 Å². The Labute approximate surface area is 144 Å². The molecule has 1 heterocycles. The van der Waals surface area contributed by atoms with Crippen molar-refractivity contribution < 1.29 is 10.2 Å². The molecule has 0 radical (unpaired) electrons. The van der Waals surface area contributed by atoms with Crippen molar-refractivity contribution in [2.75, 3.05) is 22.9 Å². The predicted molar refractivity (Wildman–Crippen MR) is 99.3 cm³/mol. The van der Waals surface area contributed by atoms with Crippen LogP contribution in [-0.2, 0) is 0 Å². The maximum absolute atomic E-state index is 9.75. The molecule has 0 spiro atoms. The van der Waals surface area contributed by atoms with Crippen LogP contribution in [0.4, 0.5) is 11.4 Å². The summed E-state index contributed by atoms with van der Waals surface area (Å²) >= 11 is 0. The van der Waals surface area contributed by atoms with Gasteiger partial charge in [-0.25, -0.2) is 0 Å². The Kier molecular flexibility index (Phi) is 4.31. The van der Waals surface area contributed by atoms with Crippen LogP contribution in [0.5, 0.6) is 11.5 Å². The fourth-order valence-corrected chi connectivity index (χ4v) is 3.48. The molecule has 2 aromatic carbocycles. The van der Waals surface area contributed by atoms with Crippen molar-refractivity contribution in [2.45, 2.75) is 39.8 Å². The van der Waals surface area contributed by atoms with E-state index in [9.17, 15) is 10.2 Å². The Hall–Kier alpha value is -2.36. The number of aromatic hydroxyl groups is 2. The Morgan fingerprint density at radius 3 is 1.46 bits per heavy atom. The van der Waals surface area contributed by atoms with Crippen molar-refractivity contribution in [1.82, 2.24) is 0 Å². The quantitative estimate of drug-likeness (QED) is 0.881. The van der Waals surface area contributed by atoms with Gasteiger partial charge >= 0.3 is 0 Å². The molecule has 2 unspecified atom stereocenters. The number of hydrogen-bond donors (Lipinski definition) is 2. The first-order chi connectivity index (χ1) is 11.4. The van der Waals surface area contributed by atoms with Crippen molar-refractivity contribution in [3.8, 4) is 11.5 Å². The van der Waals surface area contributed by atoms with Gasteiger partial charge in [0.25, 0.3) is 0 Å². The zero-order chi connectivity index (χ0) is 17.4. The standard InChI is InChI=1S/C20H26N2O2/c1-13-9-17(5-7-19(13)23)21-11-16(4)22(12-15(21)3)18-6-8-20(24)14(2)10-18/h5-10,15-16,23-24H,11-12H2,1-4H3. The zero-order valence-electron chi connectivity index (χ0n) is 14.8. The molecule has 0 saturated carbocycles. The molecule has 2 aromatic rings. The minimum atomic E-state index is 0.345. The number of nitrogens with zero attached hydrogens (tertiary/aromatic N) is 2. The van der Waals surface area contributed by atoms with Crippen LogP contribution in [0.25, 0.3) is 0 Å². The fraction of sp³-hybridized carbons (Fsp3) is 0.400. The normalized spacial score (nSPS) is 21.2. The molecule has 0 aromatic heterocycles. The van der Waals surface area contributed by atoms with Gasteiger partial charge in [0, 0.05) is 36.5 Å². The van der Waals surface area contributed by atoms with Crippen LogP contribution >= 0.6 is 0 Å². The molecule has 0 amide bonds. The first-order valence-corrected chi connectivity index (χ1v) is 8.49. The van der Waals surface area contributed by atoms with Gasteiger partial charge in [0.05, 0.1) is 0 Å². The van der Waals surface area contributed by atoms with Crippen LogP contribution in [0, 0.1) is 13.8 Å². The minimum absolute atomic E-state index is 0.345. The fourth-order valence-electron chi connectivity index (χ4n) is 3.48. The molecule has 2 N–H and O–H groups in total. The van der Waals surface area contributed by atoms with Crippen molar-refractivity contribution in [1.29, 1.82) is 0 Å². The van der Waals surface area contributed by atoms with Crippen LogP contribution in [-0.4, -0.2) is 35.4 Å². The number of anilines is 2. The summed E-state index contributed by atoms with van der Waals surface area (Å²) in [5, 5.41) is 19.5. The van der Waals surface area contributed by atoms with Gasteiger partial charge in [0.15, 0.2) is 0 Å². The molecule has 4 nitrogen and oxygen atoms in total. The number of phenolic OH excluding ortho intramolecular Hbond substituents is 2. The van der Waals surface area contributed by atoms with Crippen LogP contribution in [0.2, 0.25) is 0 Å². The lowest BCUT2D eigenvalue weighted by Gasteiger charge is -2.46. The molecule has 4 heteroatoms. The van der Waals surface area contributed by atoms with Crippen LogP contribution in [0.3, 0.4) is 0 Å². The van der Waals surface area contributed by atoms with E-state index in [0.29, 0.717) is 23.6 Å². The number of rotatable bonds is 2. The van der Waals surface area contributed by atoms with E-state index in [-0.39, 0.29) is 0 Å². The highest BCUT2D eigenvalue weighted by Crippen LogP contribution is 2.31. The highest BCUT2D eigenvalue weighted by molar-refractivity contribution is 5.58. The highest BCUT2D eigenvalue weighted by atomic mass is 16.3.